The molecule has 3 N–H and O–H groups in total. The number of aromatic nitrogens is 4. The van der Waals surface area contributed by atoms with Crippen LogP contribution in [0.5, 0.6) is 0 Å². The van der Waals surface area contributed by atoms with Crippen molar-refractivity contribution in [1.29, 1.82) is 0 Å². The van der Waals surface area contributed by atoms with Crippen molar-refractivity contribution in [2.45, 2.75) is 0 Å². The molecule has 0 saturated heterocycles. The van der Waals surface area contributed by atoms with Gasteiger partial charge in [0.1, 0.15) is 0 Å². The third-order valence-electron chi connectivity index (χ3n) is 2.51. The molecule has 2 aromatic heterocycles. The van der Waals surface area contributed by atoms with Crippen molar-refractivity contribution < 1.29 is 4.52 Å². The number of hydrogen-bond donors (Lipinski definition) is 2. The van der Waals surface area contributed by atoms with Gasteiger partial charge in [0.25, 0.3) is 5.89 Å². The van der Waals surface area contributed by atoms with Crippen LogP contribution in [0, 0.1) is 0 Å². The lowest BCUT2D eigenvalue weighted by Gasteiger charge is -1.93. The van der Waals surface area contributed by atoms with Crippen LogP contribution in [-0.4, -0.2) is 20.1 Å². The summed E-state index contributed by atoms with van der Waals surface area (Å²) in [4.78, 5) is 11.2. The number of nitrogen functional groups attached to an aromatic ring is 1. The maximum Gasteiger partial charge on any atom is 0.251 e. The molecule has 0 aliphatic rings. The van der Waals surface area contributed by atoms with Crippen molar-refractivity contribution in [2.24, 2.45) is 0 Å². The average molecular weight is 253 g/mol. The fraction of sp³-hybridized carbons (Fsp3) is 0. The van der Waals surface area contributed by atoms with Gasteiger partial charge in [0.2, 0.25) is 5.82 Å². The van der Waals surface area contributed by atoms with Crippen LogP contribution in [0.3, 0.4) is 0 Å². The van der Waals surface area contributed by atoms with Gasteiger partial charge in [0.05, 0.1) is 0 Å². The molecule has 2 heterocycles. The lowest BCUT2D eigenvalue weighted by molar-refractivity contribution is 0.411. The van der Waals surface area contributed by atoms with Crippen LogP contribution in [0.15, 0.2) is 41.2 Å². The first-order valence-electron chi connectivity index (χ1n) is 5.68. The lowest BCUT2D eigenvalue weighted by atomic mass is 10.2. The highest BCUT2D eigenvalue weighted by Gasteiger charge is 2.07. The summed E-state index contributed by atoms with van der Waals surface area (Å²) in [6.07, 6.45) is 6.95. The van der Waals surface area contributed by atoms with Crippen molar-refractivity contribution in [3.05, 3.63) is 48.1 Å². The molecule has 0 radical (unpaired) electrons. The van der Waals surface area contributed by atoms with Crippen molar-refractivity contribution in [1.82, 2.24) is 20.1 Å². The zero-order valence-electron chi connectivity index (χ0n) is 9.95. The Kier molecular flexibility index (Phi) is 2.82. The number of nitrogens with two attached hydrogens (primary N) is 1. The molecule has 19 heavy (non-hydrogen) atoms. The highest BCUT2D eigenvalue weighted by atomic mass is 16.5. The minimum Gasteiger partial charge on any atom is -0.399 e. The molecular weight excluding hydrogens is 242 g/mol. The first-order chi connectivity index (χ1) is 9.31. The first kappa shape index (κ1) is 11.2. The third kappa shape index (κ3) is 2.52. The molecular formula is C13H11N5O. The van der Waals surface area contributed by atoms with Gasteiger partial charge in [-0.2, -0.15) is 4.98 Å². The molecule has 0 unspecified atom stereocenters. The van der Waals surface area contributed by atoms with E-state index in [9.17, 15) is 0 Å². The van der Waals surface area contributed by atoms with Gasteiger partial charge >= 0.3 is 0 Å². The summed E-state index contributed by atoms with van der Waals surface area (Å²) in [6, 6.07) is 7.49. The Labute approximate surface area is 109 Å². The Morgan fingerprint density at radius 1 is 1.16 bits per heavy atom. The minimum atomic E-state index is 0.420. The normalized spacial score (nSPS) is 11.2. The molecule has 0 fully saturated rings. The quantitative estimate of drug-likeness (QED) is 0.698. The predicted octanol–water partition coefficient (Wildman–Crippen LogP) is 2.21. The summed E-state index contributed by atoms with van der Waals surface area (Å²) in [6.45, 7) is 0. The summed E-state index contributed by atoms with van der Waals surface area (Å²) in [5.41, 5.74) is 7.35. The summed E-state index contributed by atoms with van der Waals surface area (Å²) < 4.78 is 5.10. The van der Waals surface area contributed by atoms with Gasteiger partial charge in [-0.25, -0.2) is 4.98 Å². The van der Waals surface area contributed by atoms with E-state index in [-0.39, 0.29) is 0 Å². The number of hydrogen-bond acceptors (Lipinski definition) is 5. The molecule has 6 nitrogen and oxygen atoms in total. The van der Waals surface area contributed by atoms with Crippen LogP contribution in [0.4, 0.5) is 5.69 Å². The van der Waals surface area contributed by atoms with Crippen LogP contribution in [0.1, 0.15) is 11.5 Å². The first-order valence-corrected chi connectivity index (χ1v) is 5.68. The maximum absolute atomic E-state index is 5.62. The number of anilines is 1. The Morgan fingerprint density at radius 2 is 2.00 bits per heavy atom. The maximum atomic E-state index is 5.62. The van der Waals surface area contributed by atoms with E-state index in [1.807, 2.05) is 30.3 Å². The van der Waals surface area contributed by atoms with E-state index in [4.69, 9.17) is 10.3 Å². The fourth-order valence-electron chi connectivity index (χ4n) is 1.56. The van der Waals surface area contributed by atoms with E-state index >= 15 is 0 Å². The summed E-state index contributed by atoms with van der Waals surface area (Å²) in [7, 11) is 0. The molecule has 0 bridgehead atoms. The second-order valence-corrected chi connectivity index (χ2v) is 3.89. The highest BCUT2D eigenvalue weighted by Crippen LogP contribution is 2.13. The van der Waals surface area contributed by atoms with E-state index in [2.05, 4.69) is 20.1 Å². The molecule has 0 atom stereocenters. The molecule has 1 aromatic carbocycles. The lowest BCUT2D eigenvalue weighted by Crippen LogP contribution is -1.83. The van der Waals surface area contributed by atoms with Gasteiger partial charge in [0, 0.05) is 24.2 Å². The largest absolute Gasteiger partial charge is 0.399 e. The van der Waals surface area contributed by atoms with Gasteiger partial charge in [0.15, 0.2) is 5.82 Å². The molecule has 0 saturated carbocycles. The fourth-order valence-corrected chi connectivity index (χ4v) is 1.56. The average Bonchev–Trinajstić information content (AvgIpc) is 3.09. The van der Waals surface area contributed by atoms with Crippen LogP contribution < -0.4 is 5.73 Å². The standard InChI is InChI=1S/C13H11N5O/c14-10-4-1-9(2-5-10)3-6-11-17-13(18-19-11)12-15-7-8-16-12/h1-8H,14H2,(H,15,16)/b6-3+. The molecule has 6 heteroatoms. The van der Waals surface area contributed by atoms with Crippen LogP contribution in [0.25, 0.3) is 23.8 Å². The number of nitrogens with one attached hydrogen (secondary N) is 1. The van der Waals surface area contributed by atoms with Gasteiger partial charge in [-0.3, -0.25) is 0 Å². The Hall–Kier alpha value is -2.89. The Morgan fingerprint density at radius 3 is 2.74 bits per heavy atom. The molecule has 0 aliphatic heterocycles. The smallest absolute Gasteiger partial charge is 0.251 e. The van der Waals surface area contributed by atoms with Crippen LogP contribution in [-0.2, 0) is 0 Å². The van der Waals surface area contributed by atoms with Gasteiger partial charge in [-0.1, -0.05) is 17.3 Å². The molecule has 0 amide bonds. The number of benzene rings is 1. The van der Waals surface area contributed by atoms with E-state index in [1.165, 1.54) is 0 Å². The monoisotopic (exact) mass is 253 g/mol. The van der Waals surface area contributed by atoms with Gasteiger partial charge in [-0.05, 0) is 23.8 Å². The molecule has 0 spiro atoms. The van der Waals surface area contributed by atoms with Crippen molar-refractivity contribution in [3.8, 4) is 11.6 Å². The van der Waals surface area contributed by atoms with Crippen molar-refractivity contribution in [3.63, 3.8) is 0 Å². The summed E-state index contributed by atoms with van der Waals surface area (Å²) >= 11 is 0. The Bertz CT molecular complexity index is 682. The number of H-pyrrole nitrogens is 1. The van der Waals surface area contributed by atoms with E-state index in [0.29, 0.717) is 17.5 Å². The molecule has 94 valence electrons. The summed E-state index contributed by atoms with van der Waals surface area (Å²) in [5.74, 6) is 1.43. The van der Waals surface area contributed by atoms with Crippen molar-refractivity contribution in [2.75, 3.05) is 5.73 Å². The zero-order chi connectivity index (χ0) is 13.1. The summed E-state index contributed by atoms with van der Waals surface area (Å²) in [5, 5.41) is 3.83. The second-order valence-electron chi connectivity index (χ2n) is 3.89. The van der Waals surface area contributed by atoms with Crippen LogP contribution in [0.2, 0.25) is 0 Å². The number of aromatic amines is 1. The second kappa shape index (κ2) is 4.77. The van der Waals surface area contributed by atoms with Gasteiger partial charge in [-0.15, -0.1) is 0 Å². The molecule has 0 aliphatic carbocycles. The van der Waals surface area contributed by atoms with Crippen LogP contribution >= 0.6 is 0 Å². The van der Waals surface area contributed by atoms with E-state index < -0.39 is 0 Å². The molecule has 3 aromatic rings. The minimum absolute atomic E-state index is 0.420. The van der Waals surface area contributed by atoms with E-state index in [1.54, 1.807) is 18.5 Å². The number of imidazole rings is 1. The van der Waals surface area contributed by atoms with E-state index in [0.717, 1.165) is 11.3 Å². The predicted molar refractivity (Wildman–Crippen MR) is 71.7 cm³/mol. The number of nitrogens with zero attached hydrogens (tertiary/aromatic N) is 3. The number of rotatable bonds is 3. The highest BCUT2D eigenvalue weighted by molar-refractivity contribution is 5.67. The topological polar surface area (TPSA) is 93.6 Å². The third-order valence-corrected chi connectivity index (χ3v) is 2.51. The SMILES string of the molecule is Nc1ccc(/C=C/c2nc(-c3ncc[nH]3)no2)cc1. The van der Waals surface area contributed by atoms with Crippen molar-refractivity contribution >= 4 is 17.8 Å². The molecule has 3 rings (SSSR count). The Balaban J connectivity index is 1.78. The zero-order valence-corrected chi connectivity index (χ0v) is 9.95. The van der Waals surface area contributed by atoms with Gasteiger partial charge < -0.3 is 15.2 Å².